The summed E-state index contributed by atoms with van der Waals surface area (Å²) in [5.74, 6) is -4.87. The fraction of sp³-hybridized carbons (Fsp3) is 0.909. The highest BCUT2D eigenvalue weighted by molar-refractivity contribution is 5.74. The van der Waals surface area contributed by atoms with Crippen molar-refractivity contribution in [1.82, 2.24) is 0 Å². The number of allylic oxidation sites excluding steroid dienone is 1. The molecule has 23 nitrogen and oxygen atoms in total. The Kier molecular flexibility index (Phi) is 17.3. The average molecular weight is 1120 g/mol. The van der Waals surface area contributed by atoms with Gasteiger partial charge in [0.1, 0.15) is 67.1 Å². The monoisotopic (exact) mass is 1120 g/mol. The van der Waals surface area contributed by atoms with Gasteiger partial charge in [-0.3, -0.25) is 9.59 Å². The molecule has 446 valence electrons. The van der Waals surface area contributed by atoms with Gasteiger partial charge in [-0.1, -0.05) is 87.8 Å². The van der Waals surface area contributed by atoms with Crippen LogP contribution in [0.3, 0.4) is 0 Å². The van der Waals surface area contributed by atoms with E-state index in [9.17, 15) is 75.7 Å². The second kappa shape index (κ2) is 21.9. The van der Waals surface area contributed by atoms with Gasteiger partial charge in [-0.2, -0.15) is 0 Å². The van der Waals surface area contributed by atoms with Gasteiger partial charge >= 0.3 is 17.9 Å². The van der Waals surface area contributed by atoms with E-state index >= 15 is 0 Å². The van der Waals surface area contributed by atoms with Gasteiger partial charge < -0.3 is 99.2 Å². The first-order valence-corrected chi connectivity index (χ1v) is 27.8. The van der Waals surface area contributed by atoms with Crippen LogP contribution in [0.1, 0.15) is 115 Å². The fourth-order valence-corrected chi connectivity index (χ4v) is 16.1. The number of esters is 2. The lowest BCUT2D eigenvalue weighted by Gasteiger charge is -2.73. The lowest BCUT2D eigenvalue weighted by Crippen LogP contribution is -2.76. The summed E-state index contributed by atoms with van der Waals surface area (Å²) >= 11 is 0. The first-order chi connectivity index (χ1) is 36.3. The summed E-state index contributed by atoms with van der Waals surface area (Å²) in [5.41, 5.74) is -4.79. The zero-order valence-electron chi connectivity index (χ0n) is 46.7. The van der Waals surface area contributed by atoms with E-state index in [1.807, 2.05) is 34.6 Å². The van der Waals surface area contributed by atoms with Crippen LogP contribution in [0, 0.1) is 62.1 Å². The van der Waals surface area contributed by atoms with Crippen LogP contribution in [-0.2, 0) is 52.3 Å². The molecule has 8 rings (SSSR count). The highest BCUT2D eigenvalue weighted by Crippen LogP contribution is 2.76. The van der Waals surface area contributed by atoms with Crippen LogP contribution >= 0.6 is 0 Å². The fourth-order valence-electron chi connectivity index (χ4n) is 16.1. The first-order valence-electron chi connectivity index (χ1n) is 27.8. The minimum atomic E-state index is -2.12. The van der Waals surface area contributed by atoms with Gasteiger partial charge in [-0.25, -0.2) is 4.79 Å². The third kappa shape index (κ3) is 9.51. The second-order valence-electron chi connectivity index (χ2n) is 26.4. The van der Waals surface area contributed by atoms with E-state index in [1.165, 1.54) is 0 Å². The van der Waals surface area contributed by atoms with Crippen molar-refractivity contribution in [2.24, 2.45) is 62.1 Å². The van der Waals surface area contributed by atoms with Crippen molar-refractivity contribution < 1.29 is 114 Å². The minimum absolute atomic E-state index is 0.138. The first kappa shape index (κ1) is 61.5. The van der Waals surface area contributed by atoms with E-state index < -0.39 is 205 Å². The number of aliphatic carboxylic acids is 1. The van der Waals surface area contributed by atoms with Crippen LogP contribution in [0.25, 0.3) is 0 Å². The molecule has 12 N–H and O–H groups in total. The molecule has 23 heteroatoms. The second-order valence-corrected chi connectivity index (χ2v) is 26.4. The summed E-state index contributed by atoms with van der Waals surface area (Å²) < 4.78 is 48.9. The van der Waals surface area contributed by atoms with Crippen LogP contribution in [0.15, 0.2) is 11.6 Å². The van der Waals surface area contributed by atoms with Crippen LogP contribution in [0.2, 0.25) is 0 Å². The van der Waals surface area contributed by atoms with E-state index in [1.54, 1.807) is 27.7 Å². The number of aliphatic hydroxyl groups excluding tert-OH is 11. The van der Waals surface area contributed by atoms with Gasteiger partial charge in [0.2, 0.25) is 0 Å². The molecule has 3 saturated heterocycles. The number of carboxylic acid groups (broad SMARTS) is 1. The molecule has 5 aliphatic carbocycles. The van der Waals surface area contributed by atoms with Gasteiger partial charge in [0.15, 0.2) is 31.1 Å². The van der Waals surface area contributed by atoms with E-state index in [2.05, 4.69) is 19.9 Å². The highest BCUT2D eigenvalue weighted by atomic mass is 16.8. The maximum atomic E-state index is 13.6. The Bertz CT molecular complexity index is 2220. The van der Waals surface area contributed by atoms with Crippen molar-refractivity contribution in [3.8, 4) is 0 Å². The van der Waals surface area contributed by atoms with Gasteiger partial charge in [0.25, 0.3) is 0 Å². The standard InChI is InChI=1S/C55H88O23/c1-22(2)45(69)77-42-43(78-46(70)23(3)4)55(21-58)25(18-50(42,5)6)24-12-13-29-52(9)16-15-30(51(7,8)28(52)14-17-53(29,10)54(24,11)40(65)41(55)66)73-49-39(76-48-35(63)33(61)31(59)26(19-56)71-48)37(36(64)38(75-49)44(67)68)74-47-34(62)32(60)27(20-57)72-47/h12,22-23,25-43,47-49,56-66H,13-21H2,1-11H3,(H,67,68)/t25?,26?,27-,28?,29?,30-,31-,32+,33+,34?,35?,36-,37+,38?,39?,40-,41+,42-,43-,47-,48-,49+,52-,53+,54-,55-/m0/s1. The Labute approximate surface area is 455 Å². The number of fused-ring (bicyclic) bond motifs is 7. The summed E-state index contributed by atoms with van der Waals surface area (Å²) in [6, 6.07) is 0. The molecule has 0 radical (unpaired) electrons. The molecule has 4 saturated carbocycles. The number of aliphatic hydroxyl groups is 11. The number of rotatable bonds is 14. The molecule has 8 unspecified atom stereocenters. The van der Waals surface area contributed by atoms with E-state index in [-0.39, 0.29) is 11.8 Å². The summed E-state index contributed by atoms with van der Waals surface area (Å²) in [7, 11) is 0. The summed E-state index contributed by atoms with van der Waals surface area (Å²) in [4.78, 5) is 39.9. The zero-order valence-corrected chi connectivity index (χ0v) is 46.7. The quantitative estimate of drug-likeness (QED) is 0.0600. The number of carbonyl (C=O) groups excluding carboxylic acids is 2. The third-order valence-corrected chi connectivity index (χ3v) is 20.8. The Morgan fingerprint density at radius 1 is 0.628 bits per heavy atom. The molecule has 0 aromatic rings. The molecule has 26 atom stereocenters. The average Bonchev–Trinajstić information content (AvgIpc) is 3.42. The Morgan fingerprint density at radius 3 is 1.71 bits per heavy atom. The maximum Gasteiger partial charge on any atom is 0.335 e. The molecule has 0 bridgehead atoms. The van der Waals surface area contributed by atoms with Gasteiger partial charge in [-0.15, -0.1) is 0 Å². The Hall–Kier alpha value is -2.53. The summed E-state index contributed by atoms with van der Waals surface area (Å²) in [6.45, 7) is 18.7. The molecule has 8 aliphatic rings. The Morgan fingerprint density at radius 2 is 1.17 bits per heavy atom. The molecule has 3 aliphatic heterocycles. The highest BCUT2D eigenvalue weighted by Gasteiger charge is 2.76. The largest absolute Gasteiger partial charge is 0.479 e. The van der Waals surface area contributed by atoms with Crippen molar-refractivity contribution in [3.05, 3.63) is 11.6 Å². The molecule has 0 spiro atoms. The molecule has 0 aromatic carbocycles. The lowest BCUT2D eigenvalue weighted by atomic mass is 9.32. The zero-order chi connectivity index (χ0) is 57.9. The number of carbonyl (C=O) groups is 3. The predicted octanol–water partition coefficient (Wildman–Crippen LogP) is -0.358. The number of carboxylic acids is 1. The Balaban J connectivity index is 1.13. The van der Waals surface area contributed by atoms with Crippen molar-refractivity contribution in [3.63, 3.8) is 0 Å². The third-order valence-electron chi connectivity index (χ3n) is 20.8. The van der Waals surface area contributed by atoms with Crippen molar-refractivity contribution in [2.75, 3.05) is 19.8 Å². The van der Waals surface area contributed by atoms with Crippen LogP contribution in [-0.4, -0.2) is 216 Å². The predicted molar refractivity (Wildman–Crippen MR) is 268 cm³/mol. The topological polar surface area (TPSA) is 368 Å². The smallest absolute Gasteiger partial charge is 0.335 e. The van der Waals surface area contributed by atoms with Crippen LogP contribution in [0.5, 0.6) is 0 Å². The summed E-state index contributed by atoms with van der Waals surface area (Å²) in [6.07, 6.45) is -26.8. The van der Waals surface area contributed by atoms with Crippen LogP contribution < -0.4 is 0 Å². The number of hydrogen-bond acceptors (Lipinski definition) is 22. The van der Waals surface area contributed by atoms with E-state index in [0.29, 0.717) is 38.5 Å². The molecular weight excluding hydrogens is 1030 g/mol. The molecule has 3 heterocycles. The normalized spacial score (nSPS) is 49.7. The SMILES string of the molecule is CC(C)C(=O)O[C@H]1[C@H](OC(=O)C(C)C)[C@@]2(CO)C(CC1(C)C)C1=CCC3[C@@]4(C)CC[C@H](O[C@@H]5OC(C(=O)O)[C@@H](O)[C@@H](O[C@@H]6O[C@@H](CO)[C@@H](O)C6O)C5O[C@@H]5OC(CO)[C@H](O)[C@@H](O)C5O)C(C)(C)C4CC[C@@]3(C)[C@]1(C)[C@@H](O)[C@H]2O. The number of ether oxygens (including phenoxy) is 8. The van der Waals surface area contributed by atoms with Gasteiger partial charge in [-0.05, 0) is 72.5 Å². The number of hydrogen-bond donors (Lipinski definition) is 12. The van der Waals surface area contributed by atoms with Gasteiger partial charge in [0, 0.05) is 10.8 Å². The lowest BCUT2D eigenvalue weighted by molar-refractivity contribution is -0.386. The molecular formula is C55H88O23. The summed E-state index contributed by atoms with van der Waals surface area (Å²) in [5, 5.41) is 134. The van der Waals surface area contributed by atoms with Crippen molar-refractivity contribution in [1.29, 1.82) is 0 Å². The van der Waals surface area contributed by atoms with Gasteiger partial charge in [0.05, 0.1) is 55.4 Å². The molecule has 7 fully saturated rings. The van der Waals surface area contributed by atoms with E-state index in [4.69, 9.17) is 37.9 Å². The minimum Gasteiger partial charge on any atom is -0.479 e. The molecule has 0 amide bonds. The van der Waals surface area contributed by atoms with E-state index in [0.717, 1.165) is 5.57 Å². The van der Waals surface area contributed by atoms with Crippen LogP contribution in [0.4, 0.5) is 0 Å². The van der Waals surface area contributed by atoms with Crippen molar-refractivity contribution in [2.45, 2.75) is 231 Å². The van der Waals surface area contributed by atoms with Crippen molar-refractivity contribution >= 4 is 17.9 Å². The maximum absolute atomic E-state index is 13.6. The molecule has 78 heavy (non-hydrogen) atoms. The molecule has 0 aromatic heterocycles.